The third-order valence-corrected chi connectivity index (χ3v) is 4.47. The second-order valence-electron chi connectivity index (χ2n) is 6.25. The molecule has 0 aliphatic heterocycles. The van der Waals surface area contributed by atoms with Gasteiger partial charge in [-0.2, -0.15) is 5.10 Å². The first-order valence-corrected chi connectivity index (χ1v) is 8.84. The molecule has 1 atom stereocenters. The molecule has 3 rings (SSSR count). The molecule has 7 nitrogen and oxygen atoms in total. The third kappa shape index (κ3) is 4.20. The van der Waals surface area contributed by atoms with Crippen molar-refractivity contribution in [3.8, 4) is 16.9 Å². The van der Waals surface area contributed by atoms with E-state index in [9.17, 15) is 9.59 Å². The molecule has 1 heterocycles. The van der Waals surface area contributed by atoms with Crippen molar-refractivity contribution in [1.82, 2.24) is 15.5 Å². The van der Waals surface area contributed by atoms with Gasteiger partial charge in [0.25, 0.3) is 0 Å². The van der Waals surface area contributed by atoms with Gasteiger partial charge in [-0.3, -0.25) is 14.7 Å². The number of ether oxygens (including phenoxy) is 1. The summed E-state index contributed by atoms with van der Waals surface area (Å²) in [5.41, 5.74) is 3.34. The molecule has 7 heteroatoms. The summed E-state index contributed by atoms with van der Waals surface area (Å²) in [4.78, 5) is 25.1. The van der Waals surface area contributed by atoms with E-state index in [1.165, 1.54) is 6.92 Å². The van der Waals surface area contributed by atoms with Crippen LogP contribution in [0.25, 0.3) is 11.1 Å². The van der Waals surface area contributed by atoms with Crippen LogP contribution in [-0.4, -0.2) is 36.2 Å². The number of rotatable bonds is 8. The molecule has 3 aromatic rings. The lowest BCUT2D eigenvalue weighted by molar-refractivity contribution is -0.119. The monoisotopic (exact) mass is 378 g/mol. The van der Waals surface area contributed by atoms with Gasteiger partial charge in [0.2, 0.25) is 12.3 Å². The SMILES string of the molecule is COc1cc(N(C=O)C(CNC(C)=O)c2ccccc2)ccc1-c1cn[nH]c1. The lowest BCUT2D eigenvalue weighted by Crippen LogP contribution is -2.36. The maximum atomic E-state index is 12.0. The minimum absolute atomic E-state index is 0.153. The van der Waals surface area contributed by atoms with Crippen molar-refractivity contribution < 1.29 is 14.3 Å². The molecule has 0 saturated heterocycles. The van der Waals surface area contributed by atoms with Gasteiger partial charge in [-0.1, -0.05) is 30.3 Å². The van der Waals surface area contributed by atoms with Gasteiger partial charge in [0, 0.05) is 42.5 Å². The molecule has 2 amide bonds. The van der Waals surface area contributed by atoms with Gasteiger partial charge in [0.05, 0.1) is 19.3 Å². The number of benzene rings is 2. The molecule has 0 radical (unpaired) electrons. The minimum atomic E-state index is -0.355. The lowest BCUT2D eigenvalue weighted by atomic mass is 10.0. The zero-order valence-electron chi connectivity index (χ0n) is 15.8. The Labute approximate surface area is 163 Å². The number of hydrogen-bond acceptors (Lipinski definition) is 4. The fourth-order valence-electron chi connectivity index (χ4n) is 3.08. The molecule has 0 aliphatic carbocycles. The van der Waals surface area contributed by atoms with Crippen molar-refractivity contribution in [3.63, 3.8) is 0 Å². The fraction of sp³-hybridized carbons (Fsp3) is 0.190. The van der Waals surface area contributed by atoms with Crippen LogP contribution >= 0.6 is 0 Å². The fourth-order valence-corrected chi connectivity index (χ4v) is 3.08. The van der Waals surface area contributed by atoms with Crippen LogP contribution in [0.2, 0.25) is 0 Å². The van der Waals surface area contributed by atoms with Crippen molar-refractivity contribution >= 4 is 18.0 Å². The highest BCUT2D eigenvalue weighted by molar-refractivity contribution is 5.81. The highest BCUT2D eigenvalue weighted by atomic mass is 16.5. The van der Waals surface area contributed by atoms with E-state index >= 15 is 0 Å². The maximum absolute atomic E-state index is 12.0. The maximum Gasteiger partial charge on any atom is 0.216 e. The first-order valence-electron chi connectivity index (χ1n) is 8.84. The highest BCUT2D eigenvalue weighted by Crippen LogP contribution is 2.35. The van der Waals surface area contributed by atoms with Gasteiger partial charge in [-0.15, -0.1) is 0 Å². The first-order chi connectivity index (χ1) is 13.6. The van der Waals surface area contributed by atoms with E-state index < -0.39 is 0 Å². The summed E-state index contributed by atoms with van der Waals surface area (Å²) >= 11 is 0. The topological polar surface area (TPSA) is 87.3 Å². The summed E-state index contributed by atoms with van der Waals surface area (Å²) in [6.45, 7) is 1.75. The zero-order chi connectivity index (χ0) is 19.9. The number of methoxy groups -OCH3 is 1. The molecule has 144 valence electrons. The molecule has 0 bridgehead atoms. The van der Waals surface area contributed by atoms with E-state index in [0.717, 1.165) is 23.1 Å². The zero-order valence-corrected chi connectivity index (χ0v) is 15.8. The van der Waals surface area contributed by atoms with Crippen LogP contribution in [0.5, 0.6) is 5.75 Å². The molecule has 2 N–H and O–H groups in total. The smallest absolute Gasteiger partial charge is 0.216 e. The molecular weight excluding hydrogens is 356 g/mol. The van der Waals surface area contributed by atoms with Crippen molar-refractivity contribution in [1.29, 1.82) is 0 Å². The van der Waals surface area contributed by atoms with Gasteiger partial charge in [0.1, 0.15) is 5.75 Å². The number of amides is 2. The summed E-state index contributed by atoms with van der Waals surface area (Å²) in [6.07, 6.45) is 4.25. The van der Waals surface area contributed by atoms with Gasteiger partial charge >= 0.3 is 0 Å². The number of carbonyl (C=O) groups is 2. The lowest BCUT2D eigenvalue weighted by Gasteiger charge is -2.29. The van der Waals surface area contributed by atoms with Gasteiger partial charge in [-0.05, 0) is 17.7 Å². The Morgan fingerprint density at radius 2 is 2.07 bits per heavy atom. The Kier molecular flexibility index (Phi) is 6.06. The highest BCUT2D eigenvalue weighted by Gasteiger charge is 2.22. The second-order valence-corrected chi connectivity index (χ2v) is 6.25. The molecule has 1 aromatic heterocycles. The van der Waals surface area contributed by atoms with Crippen molar-refractivity contribution in [3.05, 3.63) is 66.5 Å². The summed E-state index contributed by atoms with van der Waals surface area (Å²) in [6, 6.07) is 14.8. The number of carbonyl (C=O) groups excluding carboxylic acids is 2. The molecule has 1 unspecified atom stereocenters. The third-order valence-electron chi connectivity index (χ3n) is 4.47. The Hall–Kier alpha value is -3.61. The number of nitrogens with zero attached hydrogens (tertiary/aromatic N) is 2. The number of aromatic nitrogens is 2. The molecule has 0 saturated carbocycles. The summed E-state index contributed by atoms with van der Waals surface area (Å²) < 4.78 is 5.53. The summed E-state index contributed by atoms with van der Waals surface area (Å²) in [7, 11) is 1.58. The largest absolute Gasteiger partial charge is 0.496 e. The minimum Gasteiger partial charge on any atom is -0.496 e. The van der Waals surface area contributed by atoms with E-state index in [4.69, 9.17) is 4.74 Å². The Bertz CT molecular complexity index is 926. The number of nitrogens with one attached hydrogen (secondary N) is 2. The Balaban J connectivity index is 1.99. The molecule has 0 spiro atoms. The predicted octanol–water partition coefficient (Wildman–Crippen LogP) is 2.93. The Morgan fingerprint density at radius 1 is 1.29 bits per heavy atom. The van der Waals surface area contributed by atoms with Gasteiger partial charge in [0.15, 0.2) is 0 Å². The van der Waals surface area contributed by atoms with E-state index in [0.29, 0.717) is 18.0 Å². The molecular formula is C21H22N4O3. The van der Waals surface area contributed by atoms with Crippen molar-refractivity contribution in [2.24, 2.45) is 0 Å². The Morgan fingerprint density at radius 3 is 2.68 bits per heavy atom. The molecule has 0 fully saturated rings. The van der Waals surface area contributed by atoms with Gasteiger partial charge < -0.3 is 15.0 Å². The second kappa shape index (κ2) is 8.85. The van der Waals surface area contributed by atoms with Crippen LogP contribution in [0.3, 0.4) is 0 Å². The average molecular weight is 378 g/mol. The summed E-state index contributed by atoms with van der Waals surface area (Å²) in [5.74, 6) is 0.469. The average Bonchev–Trinajstić information content (AvgIpc) is 3.25. The normalized spacial score (nSPS) is 11.5. The van der Waals surface area contributed by atoms with Crippen LogP contribution in [0.15, 0.2) is 60.9 Å². The quantitative estimate of drug-likeness (QED) is 0.590. The van der Waals surface area contributed by atoms with E-state index in [-0.39, 0.29) is 11.9 Å². The number of H-pyrrole nitrogens is 1. The van der Waals surface area contributed by atoms with Crippen LogP contribution in [0.1, 0.15) is 18.5 Å². The first kappa shape index (κ1) is 19.2. The molecule has 2 aromatic carbocycles. The van der Waals surface area contributed by atoms with Crippen molar-refractivity contribution in [2.45, 2.75) is 13.0 Å². The molecule has 28 heavy (non-hydrogen) atoms. The number of aromatic amines is 1. The van der Waals surface area contributed by atoms with Gasteiger partial charge in [-0.25, -0.2) is 0 Å². The van der Waals surface area contributed by atoms with Crippen molar-refractivity contribution in [2.75, 3.05) is 18.6 Å². The standard InChI is InChI=1S/C21H22N4O3/c1-15(27)22-13-20(16-6-4-3-5-7-16)25(14-26)18-8-9-19(21(10-18)28-2)17-11-23-24-12-17/h3-12,14,20H,13H2,1-2H3,(H,22,27)(H,23,24). The number of hydrogen-bond donors (Lipinski definition) is 2. The summed E-state index contributed by atoms with van der Waals surface area (Å²) in [5, 5.41) is 9.56. The van der Waals surface area contributed by atoms with Crippen LogP contribution < -0.4 is 15.0 Å². The number of anilines is 1. The molecule has 0 aliphatic rings. The van der Waals surface area contributed by atoms with E-state index in [1.54, 1.807) is 30.5 Å². The van der Waals surface area contributed by atoms with Crippen LogP contribution in [0, 0.1) is 0 Å². The van der Waals surface area contributed by atoms with Crippen LogP contribution in [0.4, 0.5) is 5.69 Å². The van der Waals surface area contributed by atoms with E-state index in [2.05, 4.69) is 15.5 Å². The van der Waals surface area contributed by atoms with Crippen LogP contribution in [-0.2, 0) is 9.59 Å². The predicted molar refractivity (Wildman–Crippen MR) is 107 cm³/mol. The van der Waals surface area contributed by atoms with E-state index in [1.807, 2.05) is 42.5 Å².